The van der Waals surface area contributed by atoms with E-state index in [9.17, 15) is 27.6 Å². The molecule has 1 aliphatic carbocycles. The standard InChI is InChI=1S/C19H26F3N3O5S/c1-5-30-16(27)18(19(20,21)22,24-17(28)25(2)3)23-14-13(15(26)29-4)11-9-7-6-8-10-12(11)31-14/h23H,5-10H2,1-4H3,(H,24,28). The number of methoxy groups -OCH3 is 1. The molecule has 12 heteroatoms. The number of rotatable bonds is 6. The van der Waals surface area contributed by atoms with E-state index >= 15 is 0 Å². The van der Waals surface area contributed by atoms with E-state index in [1.807, 2.05) is 0 Å². The van der Waals surface area contributed by atoms with E-state index in [1.165, 1.54) is 21.0 Å². The molecule has 1 unspecified atom stereocenters. The zero-order chi connectivity index (χ0) is 23.4. The molecule has 1 aromatic heterocycles. The van der Waals surface area contributed by atoms with Crippen molar-refractivity contribution in [3.63, 3.8) is 0 Å². The van der Waals surface area contributed by atoms with Crippen LogP contribution < -0.4 is 10.6 Å². The van der Waals surface area contributed by atoms with Crippen molar-refractivity contribution >= 4 is 34.3 Å². The minimum atomic E-state index is -5.29. The van der Waals surface area contributed by atoms with Gasteiger partial charge in [-0.3, -0.25) is 5.32 Å². The molecular formula is C19H26F3N3O5S. The molecule has 1 atom stereocenters. The van der Waals surface area contributed by atoms with E-state index in [2.05, 4.69) is 10.1 Å². The van der Waals surface area contributed by atoms with Gasteiger partial charge < -0.3 is 19.7 Å². The molecule has 31 heavy (non-hydrogen) atoms. The first-order valence-electron chi connectivity index (χ1n) is 9.72. The number of hydrogen-bond donors (Lipinski definition) is 2. The molecule has 0 aliphatic heterocycles. The van der Waals surface area contributed by atoms with Crippen molar-refractivity contribution in [3.05, 3.63) is 16.0 Å². The van der Waals surface area contributed by atoms with Crippen LogP contribution >= 0.6 is 11.3 Å². The van der Waals surface area contributed by atoms with Gasteiger partial charge in [0.1, 0.15) is 5.00 Å². The monoisotopic (exact) mass is 465 g/mol. The van der Waals surface area contributed by atoms with Crippen LogP contribution in [0.4, 0.5) is 23.0 Å². The molecule has 174 valence electrons. The van der Waals surface area contributed by atoms with Crippen molar-refractivity contribution in [1.29, 1.82) is 0 Å². The van der Waals surface area contributed by atoms with Crippen LogP contribution in [0.25, 0.3) is 0 Å². The fourth-order valence-electron chi connectivity index (χ4n) is 3.22. The van der Waals surface area contributed by atoms with Crippen LogP contribution in [0.3, 0.4) is 0 Å². The Bertz CT molecular complexity index is 840. The molecule has 0 bridgehead atoms. The van der Waals surface area contributed by atoms with E-state index in [1.54, 1.807) is 5.32 Å². The summed E-state index contributed by atoms with van der Waals surface area (Å²) in [5.74, 6) is -2.56. The maximum absolute atomic E-state index is 14.3. The number of fused-ring (bicyclic) bond motifs is 1. The van der Waals surface area contributed by atoms with E-state index in [0.717, 1.165) is 47.5 Å². The van der Waals surface area contributed by atoms with Gasteiger partial charge in [-0.2, -0.15) is 13.2 Å². The molecule has 0 spiro atoms. The molecule has 0 saturated heterocycles. The lowest BCUT2D eigenvalue weighted by Crippen LogP contribution is -2.70. The van der Waals surface area contributed by atoms with Crippen molar-refractivity contribution in [2.75, 3.05) is 33.1 Å². The van der Waals surface area contributed by atoms with Crippen LogP contribution in [-0.4, -0.2) is 62.5 Å². The first-order valence-corrected chi connectivity index (χ1v) is 10.5. The van der Waals surface area contributed by atoms with Gasteiger partial charge in [-0.25, -0.2) is 14.4 Å². The average Bonchev–Trinajstić information content (AvgIpc) is 2.86. The Morgan fingerprint density at radius 3 is 2.32 bits per heavy atom. The maximum Gasteiger partial charge on any atom is 0.442 e. The Kier molecular flexibility index (Phi) is 7.79. The molecule has 2 rings (SSSR count). The summed E-state index contributed by atoms with van der Waals surface area (Å²) in [6.07, 6.45) is -1.67. The fourth-order valence-corrected chi connectivity index (χ4v) is 4.55. The molecule has 8 nitrogen and oxygen atoms in total. The van der Waals surface area contributed by atoms with Crippen molar-refractivity contribution in [2.24, 2.45) is 0 Å². The molecule has 1 aliphatic rings. The van der Waals surface area contributed by atoms with E-state index in [4.69, 9.17) is 4.74 Å². The van der Waals surface area contributed by atoms with Crippen LogP contribution in [-0.2, 0) is 27.1 Å². The predicted octanol–water partition coefficient (Wildman–Crippen LogP) is 3.31. The lowest BCUT2D eigenvalue weighted by Gasteiger charge is -2.35. The van der Waals surface area contributed by atoms with E-state index in [-0.39, 0.29) is 17.2 Å². The summed E-state index contributed by atoms with van der Waals surface area (Å²) in [5, 5.41) is 3.63. The number of ether oxygens (including phenoxy) is 2. The van der Waals surface area contributed by atoms with Crippen LogP contribution in [0, 0.1) is 0 Å². The molecular weight excluding hydrogens is 439 g/mol. The molecule has 0 aromatic carbocycles. The van der Waals surface area contributed by atoms with Gasteiger partial charge in [0.2, 0.25) is 0 Å². The smallest absolute Gasteiger partial charge is 0.442 e. The van der Waals surface area contributed by atoms with Crippen LogP contribution in [0.15, 0.2) is 0 Å². The van der Waals surface area contributed by atoms with Crippen LogP contribution in [0.2, 0.25) is 0 Å². The number of amides is 2. The SMILES string of the molecule is CCOC(=O)C(NC(=O)N(C)C)(Nc1sc2c(c1C(=O)OC)CCCCC2)C(F)(F)F. The molecule has 2 N–H and O–H groups in total. The number of anilines is 1. The van der Waals surface area contributed by atoms with Gasteiger partial charge >= 0.3 is 29.8 Å². The number of hydrogen-bond acceptors (Lipinski definition) is 7. The normalized spacial score (nSPS) is 15.7. The van der Waals surface area contributed by atoms with Crippen molar-refractivity contribution in [2.45, 2.75) is 50.9 Å². The number of nitrogens with zero attached hydrogens (tertiary/aromatic N) is 1. The minimum absolute atomic E-state index is 0.0542. The van der Waals surface area contributed by atoms with E-state index in [0.29, 0.717) is 18.4 Å². The quantitative estimate of drug-likeness (QED) is 0.380. The lowest BCUT2D eigenvalue weighted by molar-refractivity contribution is -0.204. The maximum atomic E-state index is 14.3. The first-order chi connectivity index (χ1) is 14.5. The summed E-state index contributed by atoms with van der Waals surface area (Å²) in [5.41, 5.74) is -3.05. The fraction of sp³-hybridized carbons (Fsp3) is 0.632. The van der Waals surface area contributed by atoms with Gasteiger partial charge in [0.15, 0.2) is 0 Å². The Balaban J connectivity index is 2.67. The second-order valence-electron chi connectivity index (χ2n) is 7.18. The largest absolute Gasteiger partial charge is 0.465 e. The Morgan fingerprint density at radius 2 is 1.77 bits per heavy atom. The third kappa shape index (κ3) is 5.05. The first kappa shape index (κ1) is 24.8. The number of aryl methyl sites for hydroxylation is 1. The van der Waals surface area contributed by atoms with Gasteiger partial charge in [0.05, 0.1) is 19.3 Å². The average molecular weight is 465 g/mol. The number of urea groups is 1. The zero-order valence-electron chi connectivity index (χ0n) is 17.8. The van der Waals surface area contributed by atoms with Crippen molar-refractivity contribution in [1.82, 2.24) is 10.2 Å². The van der Waals surface area contributed by atoms with Crippen molar-refractivity contribution in [3.8, 4) is 0 Å². The number of halogens is 3. The lowest BCUT2D eigenvalue weighted by atomic mass is 10.0. The van der Waals surface area contributed by atoms with Gasteiger partial charge in [-0.1, -0.05) is 6.42 Å². The summed E-state index contributed by atoms with van der Waals surface area (Å²) >= 11 is 0.948. The number of thiophene rings is 1. The van der Waals surface area contributed by atoms with Crippen molar-refractivity contribution < 1.29 is 37.0 Å². The predicted molar refractivity (Wildman–Crippen MR) is 108 cm³/mol. The van der Waals surface area contributed by atoms with Gasteiger partial charge in [-0.15, -0.1) is 11.3 Å². The summed E-state index contributed by atoms with van der Waals surface area (Å²) in [7, 11) is 3.59. The summed E-state index contributed by atoms with van der Waals surface area (Å²) in [6, 6.07) is -1.17. The highest BCUT2D eigenvalue weighted by Crippen LogP contribution is 2.42. The molecule has 0 radical (unpaired) electrons. The highest BCUT2D eigenvalue weighted by atomic mass is 32.1. The number of carbonyl (C=O) groups excluding carboxylic acids is 3. The van der Waals surface area contributed by atoms with Gasteiger partial charge in [0, 0.05) is 19.0 Å². The third-order valence-electron chi connectivity index (χ3n) is 4.82. The topological polar surface area (TPSA) is 97.0 Å². The third-order valence-corrected chi connectivity index (χ3v) is 6.03. The number of nitrogens with one attached hydrogen (secondary N) is 2. The minimum Gasteiger partial charge on any atom is -0.465 e. The highest BCUT2D eigenvalue weighted by Gasteiger charge is 2.64. The van der Waals surface area contributed by atoms with Crippen LogP contribution in [0.1, 0.15) is 47.0 Å². The molecule has 0 fully saturated rings. The number of esters is 2. The van der Waals surface area contributed by atoms with Gasteiger partial charge in [-0.05, 0) is 38.2 Å². The summed E-state index contributed by atoms with van der Waals surface area (Å²) in [4.78, 5) is 38.9. The highest BCUT2D eigenvalue weighted by molar-refractivity contribution is 7.16. The second kappa shape index (κ2) is 9.75. The second-order valence-corrected chi connectivity index (χ2v) is 8.28. The Labute approximate surface area is 182 Å². The zero-order valence-corrected chi connectivity index (χ0v) is 18.6. The molecule has 1 heterocycles. The Morgan fingerprint density at radius 1 is 1.13 bits per heavy atom. The molecule has 0 saturated carbocycles. The van der Waals surface area contributed by atoms with Gasteiger partial charge in [0.25, 0.3) is 0 Å². The van der Waals surface area contributed by atoms with Crippen LogP contribution in [0.5, 0.6) is 0 Å². The summed E-state index contributed by atoms with van der Waals surface area (Å²) in [6.45, 7) is 1.00. The molecule has 1 aromatic rings. The Hall–Kier alpha value is -2.50. The molecule has 2 amide bonds. The summed E-state index contributed by atoms with van der Waals surface area (Å²) < 4.78 is 52.4. The number of carbonyl (C=O) groups is 3. The number of alkyl halides is 3. The van der Waals surface area contributed by atoms with E-state index < -0.39 is 29.8 Å².